The van der Waals surface area contributed by atoms with Crippen LogP contribution in [0.25, 0.3) is 5.65 Å². The van der Waals surface area contributed by atoms with Crippen LogP contribution >= 0.6 is 11.6 Å². The van der Waals surface area contributed by atoms with Crippen LogP contribution in [0.2, 0.25) is 5.15 Å². The maximum absolute atomic E-state index is 9.72. The molecule has 2 rings (SSSR count). The van der Waals surface area contributed by atoms with Crippen molar-refractivity contribution in [1.29, 1.82) is 0 Å². The van der Waals surface area contributed by atoms with Crippen molar-refractivity contribution >= 4 is 17.2 Å². The number of aliphatic hydroxyl groups is 1. The van der Waals surface area contributed by atoms with E-state index in [-0.39, 0.29) is 0 Å². The molecular formula is C9H10ClN3O. The summed E-state index contributed by atoms with van der Waals surface area (Å²) >= 11 is 5.72. The second-order valence-electron chi connectivity index (χ2n) is 3.64. The van der Waals surface area contributed by atoms with Gasteiger partial charge >= 0.3 is 0 Å². The van der Waals surface area contributed by atoms with Crippen LogP contribution in [0.1, 0.15) is 19.5 Å². The number of hydrogen-bond donors (Lipinski definition) is 1. The highest BCUT2D eigenvalue weighted by atomic mass is 35.5. The molecule has 2 aromatic heterocycles. The number of nitrogens with zero attached hydrogens (tertiary/aromatic N) is 3. The predicted molar refractivity (Wildman–Crippen MR) is 53.2 cm³/mol. The van der Waals surface area contributed by atoms with E-state index in [1.165, 1.54) is 0 Å². The first-order chi connectivity index (χ1) is 6.47. The third-order valence-corrected chi connectivity index (χ3v) is 2.12. The quantitative estimate of drug-likeness (QED) is 0.780. The zero-order chi connectivity index (χ0) is 10.3. The molecule has 0 saturated carbocycles. The minimum Gasteiger partial charge on any atom is -0.384 e. The molecule has 0 spiro atoms. The van der Waals surface area contributed by atoms with Crippen LogP contribution in [-0.2, 0) is 5.60 Å². The molecule has 5 heteroatoms. The van der Waals surface area contributed by atoms with E-state index in [2.05, 4.69) is 10.1 Å². The molecule has 0 aliphatic rings. The molecule has 74 valence electrons. The monoisotopic (exact) mass is 211 g/mol. The maximum Gasteiger partial charge on any atom is 0.154 e. The average molecular weight is 212 g/mol. The van der Waals surface area contributed by atoms with Gasteiger partial charge in [0.25, 0.3) is 0 Å². The van der Waals surface area contributed by atoms with Crippen LogP contribution in [-0.4, -0.2) is 19.7 Å². The van der Waals surface area contributed by atoms with E-state index in [0.717, 1.165) is 0 Å². The second-order valence-corrected chi connectivity index (χ2v) is 4.03. The fourth-order valence-electron chi connectivity index (χ4n) is 1.15. The van der Waals surface area contributed by atoms with E-state index in [9.17, 15) is 5.11 Å². The zero-order valence-corrected chi connectivity index (χ0v) is 8.65. The van der Waals surface area contributed by atoms with Gasteiger partial charge in [0, 0.05) is 0 Å². The van der Waals surface area contributed by atoms with Crippen LogP contribution in [0, 0.1) is 0 Å². The molecule has 4 nitrogen and oxygen atoms in total. The molecule has 14 heavy (non-hydrogen) atoms. The molecule has 0 aliphatic carbocycles. The Labute approximate surface area is 86.1 Å². The van der Waals surface area contributed by atoms with Crippen molar-refractivity contribution in [3.8, 4) is 0 Å². The van der Waals surface area contributed by atoms with Gasteiger partial charge in [0.05, 0.1) is 11.9 Å². The highest BCUT2D eigenvalue weighted by molar-refractivity contribution is 6.29. The lowest BCUT2D eigenvalue weighted by atomic mass is 10.1. The number of aromatic nitrogens is 3. The molecule has 0 atom stereocenters. The summed E-state index contributed by atoms with van der Waals surface area (Å²) in [4.78, 5) is 4.22. The number of halogens is 1. The third kappa shape index (κ3) is 1.58. The van der Waals surface area contributed by atoms with E-state index in [0.29, 0.717) is 16.5 Å². The number of hydrogen-bond acceptors (Lipinski definition) is 3. The van der Waals surface area contributed by atoms with Gasteiger partial charge in [-0.25, -0.2) is 9.50 Å². The second kappa shape index (κ2) is 2.93. The maximum atomic E-state index is 9.72. The lowest BCUT2D eigenvalue weighted by Crippen LogP contribution is -2.15. The summed E-state index contributed by atoms with van der Waals surface area (Å²) in [5.41, 5.74) is 0.291. The molecule has 1 N–H and O–H groups in total. The Balaban J connectivity index is 2.63. The first-order valence-corrected chi connectivity index (χ1v) is 4.59. The van der Waals surface area contributed by atoms with Crippen molar-refractivity contribution < 1.29 is 5.11 Å². The smallest absolute Gasteiger partial charge is 0.154 e. The molecular weight excluding hydrogens is 202 g/mol. The van der Waals surface area contributed by atoms with Gasteiger partial charge in [0.1, 0.15) is 10.8 Å². The van der Waals surface area contributed by atoms with Gasteiger partial charge in [-0.2, -0.15) is 5.10 Å². The van der Waals surface area contributed by atoms with E-state index in [1.807, 2.05) is 0 Å². The highest BCUT2D eigenvalue weighted by Gasteiger charge is 2.19. The Morgan fingerprint density at radius 1 is 1.43 bits per heavy atom. The summed E-state index contributed by atoms with van der Waals surface area (Å²) < 4.78 is 1.55. The van der Waals surface area contributed by atoms with Crippen molar-refractivity contribution in [2.75, 3.05) is 0 Å². The summed E-state index contributed by atoms with van der Waals surface area (Å²) in [5.74, 6) is 0. The Morgan fingerprint density at radius 2 is 2.14 bits per heavy atom. The van der Waals surface area contributed by atoms with Crippen LogP contribution < -0.4 is 0 Å². The van der Waals surface area contributed by atoms with Gasteiger partial charge in [-0.15, -0.1) is 0 Å². The summed E-state index contributed by atoms with van der Waals surface area (Å²) in [6.45, 7) is 3.35. The Hall–Kier alpha value is -1.13. The molecule has 0 radical (unpaired) electrons. The first kappa shape index (κ1) is 9.43. The normalized spacial score (nSPS) is 12.3. The fraction of sp³-hybridized carbons (Fsp3) is 0.333. The van der Waals surface area contributed by atoms with E-state index in [1.54, 1.807) is 36.7 Å². The average Bonchev–Trinajstić information content (AvgIpc) is 2.45. The minimum atomic E-state index is -0.958. The Kier molecular flexibility index (Phi) is 1.97. The van der Waals surface area contributed by atoms with Crippen LogP contribution in [0.15, 0.2) is 18.3 Å². The summed E-state index contributed by atoms with van der Waals surface area (Å²) in [6, 6.07) is 3.42. The number of rotatable bonds is 1. The summed E-state index contributed by atoms with van der Waals surface area (Å²) in [5, 5.41) is 14.1. The Morgan fingerprint density at radius 3 is 2.79 bits per heavy atom. The van der Waals surface area contributed by atoms with Crippen molar-refractivity contribution in [2.24, 2.45) is 0 Å². The molecule has 2 aromatic rings. The first-order valence-electron chi connectivity index (χ1n) is 4.21. The predicted octanol–water partition coefficient (Wildman–Crippen LogP) is 1.61. The van der Waals surface area contributed by atoms with Crippen LogP contribution in [0.4, 0.5) is 0 Å². The van der Waals surface area contributed by atoms with Gasteiger partial charge in [0.2, 0.25) is 0 Å². The topological polar surface area (TPSA) is 50.4 Å². The van der Waals surface area contributed by atoms with Gasteiger partial charge < -0.3 is 5.11 Å². The lowest BCUT2D eigenvalue weighted by molar-refractivity contribution is 0.0744. The standard InChI is InChI=1S/C9H10ClN3O/c1-9(2,14)6-5-13-8(11-6)4-3-7(10)12-13/h3-5,14H,1-2H3. The molecule has 0 bridgehead atoms. The summed E-state index contributed by atoms with van der Waals surface area (Å²) in [7, 11) is 0. The number of imidazole rings is 1. The lowest BCUT2D eigenvalue weighted by Gasteiger charge is -2.12. The van der Waals surface area contributed by atoms with Crippen LogP contribution in [0.3, 0.4) is 0 Å². The van der Waals surface area contributed by atoms with Gasteiger partial charge in [-0.3, -0.25) is 0 Å². The van der Waals surface area contributed by atoms with Crippen molar-refractivity contribution in [1.82, 2.24) is 14.6 Å². The van der Waals surface area contributed by atoms with Crippen molar-refractivity contribution in [3.63, 3.8) is 0 Å². The molecule has 0 aromatic carbocycles. The van der Waals surface area contributed by atoms with Gasteiger partial charge in [0.15, 0.2) is 5.65 Å². The minimum absolute atomic E-state index is 0.400. The molecule has 0 aliphatic heterocycles. The molecule has 0 amide bonds. The molecule has 0 unspecified atom stereocenters. The fourth-order valence-corrected chi connectivity index (χ4v) is 1.30. The van der Waals surface area contributed by atoms with Crippen molar-refractivity contribution in [3.05, 3.63) is 29.2 Å². The van der Waals surface area contributed by atoms with Gasteiger partial charge in [-0.1, -0.05) is 11.6 Å². The molecule has 0 fully saturated rings. The molecule has 2 heterocycles. The largest absolute Gasteiger partial charge is 0.384 e. The van der Waals surface area contributed by atoms with Crippen molar-refractivity contribution in [2.45, 2.75) is 19.4 Å². The highest BCUT2D eigenvalue weighted by Crippen LogP contribution is 2.19. The Bertz CT molecular complexity index is 472. The van der Waals surface area contributed by atoms with Gasteiger partial charge in [-0.05, 0) is 26.0 Å². The van der Waals surface area contributed by atoms with E-state index in [4.69, 9.17) is 11.6 Å². The third-order valence-electron chi connectivity index (χ3n) is 1.91. The van der Waals surface area contributed by atoms with Crippen LogP contribution in [0.5, 0.6) is 0 Å². The number of fused-ring (bicyclic) bond motifs is 1. The zero-order valence-electron chi connectivity index (χ0n) is 7.90. The molecule has 0 saturated heterocycles. The SMILES string of the molecule is CC(C)(O)c1cn2nc(Cl)ccc2n1. The summed E-state index contributed by atoms with van der Waals surface area (Å²) in [6.07, 6.45) is 1.67. The van der Waals surface area contributed by atoms with E-state index >= 15 is 0 Å². The van der Waals surface area contributed by atoms with E-state index < -0.39 is 5.60 Å².